The molecule has 3 aliphatic rings. The smallest absolute Gasteiger partial charge is 0.409 e. The Morgan fingerprint density at radius 3 is 2.69 bits per heavy atom. The van der Waals surface area contributed by atoms with Crippen molar-refractivity contribution in [2.75, 3.05) is 57.9 Å². The highest BCUT2D eigenvalue weighted by Crippen LogP contribution is 2.44. The first-order chi connectivity index (χ1) is 16.9. The largest absolute Gasteiger partial charge is 0.479 e. The number of halogens is 2. The van der Waals surface area contributed by atoms with E-state index in [2.05, 4.69) is 19.4 Å². The second-order valence-corrected chi connectivity index (χ2v) is 9.48. The van der Waals surface area contributed by atoms with Gasteiger partial charge in [0.1, 0.15) is 11.6 Å². The number of rotatable bonds is 4. The number of carbonyl (C=O) groups is 1. The monoisotopic (exact) mass is 486 g/mol. The van der Waals surface area contributed by atoms with Crippen molar-refractivity contribution in [2.45, 2.75) is 26.2 Å². The van der Waals surface area contributed by atoms with Gasteiger partial charge in [0.2, 0.25) is 0 Å². The molecule has 2 aromatic heterocycles. The van der Waals surface area contributed by atoms with Crippen LogP contribution >= 0.6 is 0 Å². The minimum Gasteiger partial charge on any atom is -0.479 e. The minimum atomic E-state index is -0.633. The summed E-state index contributed by atoms with van der Waals surface area (Å²) in [6.45, 7) is 6.76. The molecule has 4 heterocycles. The average Bonchev–Trinajstić information content (AvgIpc) is 3.30. The van der Waals surface area contributed by atoms with Gasteiger partial charge in [-0.1, -0.05) is 0 Å². The maximum absolute atomic E-state index is 14.9. The summed E-state index contributed by atoms with van der Waals surface area (Å²) in [6, 6.07) is 2.83. The SMILES string of the molecule is CCOC(=O)N1CC2(CCC(=[N+]3CCN(c4ncc(F)cc4-c4ccnc(OC)c4F)CC3)C2)C1. The Hall–Kier alpha value is -3.30. The molecule has 0 aromatic carbocycles. The molecule has 0 bridgehead atoms. The molecule has 1 saturated carbocycles. The van der Waals surface area contributed by atoms with Gasteiger partial charge >= 0.3 is 6.09 Å². The first-order valence-corrected chi connectivity index (χ1v) is 12.0. The number of anilines is 1. The summed E-state index contributed by atoms with van der Waals surface area (Å²) < 4.78 is 41.6. The van der Waals surface area contributed by atoms with Crippen molar-refractivity contribution in [3.63, 3.8) is 0 Å². The van der Waals surface area contributed by atoms with Crippen molar-refractivity contribution in [3.8, 4) is 17.0 Å². The van der Waals surface area contributed by atoms with Gasteiger partial charge in [0, 0.05) is 48.7 Å². The van der Waals surface area contributed by atoms with Crippen molar-refractivity contribution < 1.29 is 27.6 Å². The molecule has 5 rings (SSSR count). The van der Waals surface area contributed by atoms with Gasteiger partial charge in [-0.15, -0.1) is 0 Å². The zero-order chi connectivity index (χ0) is 24.6. The van der Waals surface area contributed by atoms with E-state index in [1.165, 1.54) is 37.3 Å². The van der Waals surface area contributed by atoms with Crippen LogP contribution in [0.3, 0.4) is 0 Å². The Balaban J connectivity index is 1.29. The topological polar surface area (TPSA) is 70.8 Å². The molecule has 0 atom stereocenters. The van der Waals surface area contributed by atoms with E-state index < -0.39 is 11.6 Å². The lowest BCUT2D eigenvalue weighted by atomic mass is 9.78. The Morgan fingerprint density at radius 1 is 1.20 bits per heavy atom. The zero-order valence-electron chi connectivity index (χ0n) is 20.1. The Morgan fingerprint density at radius 2 is 1.97 bits per heavy atom. The molecule has 35 heavy (non-hydrogen) atoms. The Bertz CT molecular complexity index is 1160. The van der Waals surface area contributed by atoms with Crippen molar-refractivity contribution in [2.24, 2.45) is 5.41 Å². The molecule has 3 fully saturated rings. The van der Waals surface area contributed by atoms with Crippen molar-refractivity contribution in [1.29, 1.82) is 0 Å². The number of aromatic nitrogens is 2. The molecule has 2 saturated heterocycles. The predicted molar refractivity (Wildman–Crippen MR) is 126 cm³/mol. The van der Waals surface area contributed by atoms with E-state index in [-0.39, 0.29) is 23.0 Å². The summed E-state index contributed by atoms with van der Waals surface area (Å²) in [6.07, 6.45) is 5.53. The van der Waals surface area contributed by atoms with Crippen LogP contribution in [0.25, 0.3) is 11.1 Å². The first kappa shape index (κ1) is 23.4. The molecule has 8 nitrogen and oxygen atoms in total. The summed E-state index contributed by atoms with van der Waals surface area (Å²) in [5.41, 5.74) is 2.22. The third-order valence-electron chi connectivity index (χ3n) is 7.30. The average molecular weight is 487 g/mol. The molecule has 2 aromatic rings. The zero-order valence-corrected chi connectivity index (χ0v) is 20.1. The third kappa shape index (κ3) is 4.41. The molecule has 10 heteroatoms. The van der Waals surface area contributed by atoms with Crippen LogP contribution in [-0.2, 0) is 4.74 Å². The number of nitrogens with zero attached hydrogens (tertiary/aromatic N) is 5. The molecule has 1 spiro atoms. The number of likely N-dealkylation sites (tertiary alicyclic amines) is 1. The Labute approximate surface area is 203 Å². The van der Waals surface area contributed by atoms with Gasteiger partial charge < -0.3 is 19.3 Å². The number of pyridine rings is 2. The highest BCUT2D eigenvalue weighted by Gasteiger charge is 2.51. The van der Waals surface area contributed by atoms with Crippen LogP contribution in [0.5, 0.6) is 5.88 Å². The van der Waals surface area contributed by atoms with E-state index in [1.54, 1.807) is 4.90 Å². The number of methoxy groups -OCH3 is 1. The van der Waals surface area contributed by atoms with Gasteiger partial charge in [-0.2, -0.15) is 0 Å². The van der Waals surface area contributed by atoms with Crippen LogP contribution in [0, 0.1) is 17.0 Å². The summed E-state index contributed by atoms with van der Waals surface area (Å²) in [4.78, 5) is 24.0. The number of carbonyl (C=O) groups excluding carboxylic acids is 1. The first-order valence-electron chi connectivity index (χ1n) is 12.0. The Kier molecular flexibility index (Phi) is 6.29. The highest BCUT2D eigenvalue weighted by molar-refractivity contribution is 5.84. The highest BCUT2D eigenvalue weighted by atomic mass is 19.1. The van der Waals surface area contributed by atoms with E-state index in [4.69, 9.17) is 9.47 Å². The van der Waals surface area contributed by atoms with Gasteiger partial charge in [-0.05, 0) is 25.5 Å². The standard InChI is InChI=1S/C25H30F2N5O3/c1-3-35-24(33)32-15-25(16-32)6-4-18(13-25)30-8-10-31(11-9-30)22-20(12-17(26)14-29-22)19-5-7-28-23(34-2)21(19)27/h5,7,12,14H,3-4,6,8-11,13,15-16H2,1-2H3/q+1. The number of hydrogen-bond acceptors (Lipinski definition) is 6. The normalized spacial score (nSPS) is 19.2. The van der Waals surface area contributed by atoms with Crippen LogP contribution in [0.4, 0.5) is 19.4 Å². The maximum atomic E-state index is 14.9. The van der Waals surface area contributed by atoms with E-state index >= 15 is 0 Å². The third-order valence-corrected chi connectivity index (χ3v) is 7.30. The predicted octanol–water partition coefficient (Wildman–Crippen LogP) is 3.35. The molecular weight excluding hydrogens is 456 g/mol. The molecule has 1 aliphatic carbocycles. The number of amides is 1. The lowest BCUT2D eigenvalue weighted by Crippen LogP contribution is -2.57. The summed E-state index contributed by atoms with van der Waals surface area (Å²) in [5.74, 6) is -0.741. The van der Waals surface area contributed by atoms with Gasteiger partial charge in [0.15, 0.2) is 24.6 Å². The van der Waals surface area contributed by atoms with Gasteiger partial charge in [0.25, 0.3) is 5.88 Å². The molecular formula is C25H30F2N5O3+. The molecule has 0 N–H and O–H groups in total. The fourth-order valence-corrected chi connectivity index (χ4v) is 5.56. The fourth-order valence-electron chi connectivity index (χ4n) is 5.56. The summed E-state index contributed by atoms with van der Waals surface area (Å²) >= 11 is 0. The van der Waals surface area contributed by atoms with Crippen molar-refractivity contribution in [1.82, 2.24) is 14.9 Å². The molecule has 2 aliphatic heterocycles. The number of hydrogen-bond donors (Lipinski definition) is 0. The maximum Gasteiger partial charge on any atom is 0.409 e. The molecule has 186 valence electrons. The van der Waals surface area contributed by atoms with Crippen LogP contribution in [-0.4, -0.2) is 84.2 Å². The van der Waals surface area contributed by atoms with Crippen molar-refractivity contribution >= 4 is 17.6 Å². The van der Waals surface area contributed by atoms with Crippen LogP contribution < -0.4 is 9.64 Å². The quantitative estimate of drug-likeness (QED) is 0.618. The van der Waals surface area contributed by atoms with Gasteiger partial charge in [0.05, 0.1) is 33.0 Å². The second kappa shape index (κ2) is 9.39. The van der Waals surface area contributed by atoms with E-state index in [0.717, 1.165) is 45.4 Å². The second-order valence-electron chi connectivity index (χ2n) is 9.48. The van der Waals surface area contributed by atoms with Crippen LogP contribution in [0.1, 0.15) is 26.2 Å². The summed E-state index contributed by atoms with van der Waals surface area (Å²) in [7, 11) is 1.35. The fraction of sp³-hybridized carbons (Fsp3) is 0.520. The number of piperazine rings is 1. The van der Waals surface area contributed by atoms with E-state index in [9.17, 15) is 13.6 Å². The molecule has 1 amide bonds. The van der Waals surface area contributed by atoms with Gasteiger partial charge in [-0.25, -0.2) is 28.1 Å². The molecule has 0 radical (unpaired) electrons. The lowest BCUT2D eigenvalue weighted by molar-refractivity contribution is -0.531. The minimum absolute atomic E-state index is 0.133. The lowest BCUT2D eigenvalue weighted by Gasteiger charge is -2.46. The summed E-state index contributed by atoms with van der Waals surface area (Å²) in [5, 5.41) is 0. The van der Waals surface area contributed by atoms with Crippen LogP contribution in [0.2, 0.25) is 0 Å². The van der Waals surface area contributed by atoms with E-state index in [1.807, 2.05) is 6.92 Å². The molecule has 0 unspecified atom stereocenters. The van der Waals surface area contributed by atoms with E-state index in [0.29, 0.717) is 31.1 Å². The van der Waals surface area contributed by atoms with Gasteiger partial charge in [-0.3, -0.25) is 0 Å². The number of ether oxygens (including phenoxy) is 2. The van der Waals surface area contributed by atoms with Crippen LogP contribution in [0.15, 0.2) is 24.5 Å². The van der Waals surface area contributed by atoms with Crippen molar-refractivity contribution in [3.05, 3.63) is 36.2 Å².